The fraction of sp³-hybridized carbons (Fsp3) is 0.308. The summed E-state index contributed by atoms with van der Waals surface area (Å²) in [7, 11) is 1.59. The van der Waals surface area contributed by atoms with Crippen LogP contribution in [0.5, 0.6) is 5.75 Å². The maximum absolute atomic E-state index is 11.9. The molecule has 0 amide bonds. The number of carbonyl (C=O) groups is 1. The van der Waals surface area contributed by atoms with E-state index in [2.05, 4.69) is 6.58 Å². The maximum atomic E-state index is 11.9. The van der Waals surface area contributed by atoms with Gasteiger partial charge in [-0.1, -0.05) is 25.1 Å². The van der Waals surface area contributed by atoms with Crippen LogP contribution in [0.2, 0.25) is 0 Å². The molecule has 1 rings (SSSR count). The molecule has 1 aromatic carbocycles. The number of ketones is 1. The Hall–Kier alpha value is -1.57. The molecule has 0 spiro atoms. The smallest absolute Gasteiger partial charge is 0.169 e. The van der Waals surface area contributed by atoms with Gasteiger partial charge in [-0.25, -0.2) is 0 Å². The number of hydrogen-bond donors (Lipinski definition) is 0. The van der Waals surface area contributed by atoms with Crippen LogP contribution in [0.15, 0.2) is 36.9 Å². The number of rotatable bonds is 5. The van der Waals surface area contributed by atoms with E-state index < -0.39 is 0 Å². The van der Waals surface area contributed by atoms with E-state index in [0.717, 1.165) is 6.42 Å². The average molecular weight is 204 g/mol. The predicted octanol–water partition coefficient (Wildman–Crippen LogP) is 3.09. The Kier molecular flexibility index (Phi) is 4.10. The van der Waals surface area contributed by atoms with Crippen molar-refractivity contribution in [1.29, 1.82) is 0 Å². The molecule has 0 aromatic heterocycles. The first-order valence-electron chi connectivity index (χ1n) is 5.03. The van der Waals surface area contributed by atoms with Gasteiger partial charge in [0.05, 0.1) is 7.11 Å². The van der Waals surface area contributed by atoms with E-state index in [1.165, 1.54) is 0 Å². The molecule has 0 N–H and O–H groups in total. The Morgan fingerprint density at radius 1 is 1.60 bits per heavy atom. The van der Waals surface area contributed by atoms with Crippen molar-refractivity contribution in [2.24, 2.45) is 5.92 Å². The van der Waals surface area contributed by atoms with Gasteiger partial charge in [-0.2, -0.15) is 0 Å². The van der Waals surface area contributed by atoms with Crippen LogP contribution >= 0.6 is 0 Å². The highest BCUT2D eigenvalue weighted by Gasteiger charge is 2.14. The number of ether oxygens (including phenoxy) is 1. The van der Waals surface area contributed by atoms with E-state index in [0.29, 0.717) is 11.3 Å². The Morgan fingerprint density at radius 3 is 2.87 bits per heavy atom. The normalized spacial score (nSPS) is 11.9. The number of Topliss-reactive ketones (excluding diaryl/α,β-unsaturated/α-hetero) is 1. The van der Waals surface area contributed by atoms with Gasteiger partial charge in [0.2, 0.25) is 0 Å². The summed E-state index contributed by atoms with van der Waals surface area (Å²) in [6, 6.07) is 7.21. The van der Waals surface area contributed by atoms with Gasteiger partial charge < -0.3 is 4.74 Å². The molecule has 1 aromatic rings. The topological polar surface area (TPSA) is 26.3 Å². The van der Waals surface area contributed by atoms with Crippen molar-refractivity contribution in [2.45, 2.75) is 13.3 Å². The zero-order valence-corrected chi connectivity index (χ0v) is 9.19. The summed E-state index contributed by atoms with van der Waals surface area (Å²) in [5.41, 5.74) is 0.682. The highest BCUT2D eigenvalue weighted by atomic mass is 16.5. The number of benzene rings is 1. The molecular weight excluding hydrogens is 188 g/mol. The van der Waals surface area contributed by atoms with Gasteiger partial charge in [-0.3, -0.25) is 4.79 Å². The van der Waals surface area contributed by atoms with Crippen molar-refractivity contribution in [2.75, 3.05) is 7.11 Å². The first-order valence-corrected chi connectivity index (χ1v) is 5.03. The molecule has 1 unspecified atom stereocenters. The van der Waals surface area contributed by atoms with Crippen LogP contribution in [-0.2, 0) is 0 Å². The van der Waals surface area contributed by atoms with Crippen molar-refractivity contribution in [3.05, 3.63) is 42.5 Å². The highest BCUT2D eigenvalue weighted by molar-refractivity contribution is 5.99. The SMILES string of the molecule is C=CC(CC)C(=O)c1cccc(OC)c1. The standard InChI is InChI=1S/C13H16O2/c1-4-10(5-2)13(14)11-7-6-8-12(9-11)15-3/h4,6-10H,1,5H2,2-3H3. The van der Waals surface area contributed by atoms with E-state index >= 15 is 0 Å². The fourth-order valence-corrected chi connectivity index (χ4v) is 1.45. The number of methoxy groups -OCH3 is 1. The Balaban J connectivity index is 2.94. The molecule has 0 bridgehead atoms. The monoisotopic (exact) mass is 204 g/mol. The van der Waals surface area contributed by atoms with Crippen LogP contribution in [0.1, 0.15) is 23.7 Å². The minimum Gasteiger partial charge on any atom is -0.497 e. The second kappa shape index (κ2) is 5.35. The zero-order valence-electron chi connectivity index (χ0n) is 9.19. The molecule has 2 nitrogen and oxygen atoms in total. The molecule has 0 aliphatic rings. The van der Waals surface area contributed by atoms with E-state index in [4.69, 9.17) is 4.74 Å². The lowest BCUT2D eigenvalue weighted by Crippen LogP contribution is -2.11. The van der Waals surface area contributed by atoms with Crippen molar-refractivity contribution < 1.29 is 9.53 Å². The summed E-state index contributed by atoms with van der Waals surface area (Å²) in [5, 5.41) is 0. The van der Waals surface area contributed by atoms with E-state index in [9.17, 15) is 4.79 Å². The molecule has 1 atom stereocenters. The second-order valence-corrected chi connectivity index (χ2v) is 3.35. The summed E-state index contributed by atoms with van der Waals surface area (Å²) < 4.78 is 5.07. The van der Waals surface area contributed by atoms with E-state index in [-0.39, 0.29) is 11.7 Å². The summed E-state index contributed by atoms with van der Waals surface area (Å²) >= 11 is 0. The molecule has 80 valence electrons. The Labute approximate surface area is 90.6 Å². The van der Waals surface area contributed by atoms with E-state index in [1.807, 2.05) is 19.1 Å². The molecule has 0 saturated heterocycles. The van der Waals surface area contributed by atoms with Crippen LogP contribution < -0.4 is 4.74 Å². The summed E-state index contributed by atoms with van der Waals surface area (Å²) in [4.78, 5) is 11.9. The van der Waals surface area contributed by atoms with Crippen molar-refractivity contribution >= 4 is 5.78 Å². The fourth-order valence-electron chi connectivity index (χ4n) is 1.45. The number of carbonyl (C=O) groups excluding carboxylic acids is 1. The van der Waals surface area contributed by atoms with Crippen molar-refractivity contribution in [1.82, 2.24) is 0 Å². The van der Waals surface area contributed by atoms with Crippen LogP contribution in [0.4, 0.5) is 0 Å². The predicted molar refractivity (Wildman–Crippen MR) is 61.3 cm³/mol. The third-order valence-electron chi connectivity index (χ3n) is 2.42. The molecule has 0 fully saturated rings. The van der Waals surface area contributed by atoms with Crippen molar-refractivity contribution in [3.63, 3.8) is 0 Å². The summed E-state index contributed by atoms with van der Waals surface area (Å²) in [6.07, 6.45) is 2.47. The molecule has 0 radical (unpaired) electrons. The quantitative estimate of drug-likeness (QED) is 0.544. The van der Waals surface area contributed by atoms with Gasteiger partial charge in [-0.15, -0.1) is 6.58 Å². The third kappa shape index (κ3) is 2.69. The first kappa shape index (κ1) is 11.5. The molecule has 0 heterocycles. The van der Waals surface area contributed by atoms with Crippen LogP contribution in [0, 0.1) is 5.92 Å². The third-order valence-corrected chi connectivity index (χ3v) is 2.42. The van der Waals surface area contributed by atoms with Gasteiger partial charge in [-0.05, 0) is 18.6 Å². The van der Waals surface area contributed by atoms with Gasteiger partial charge in [0.1, 0.15) is 5.75 Å². The summed E-state index contributed by atoms with van der Waals surface area (Å²) in [5.74, 6) is 0.711. The molecule has 0 saturated carbocycles. The molecular formula is C13H16O2. The molecule has 2 heteroatoms. The van der Waals surface area contributed by atoms with Crippen LogP contribution in [0.3, 0.4) is 0 Å². The van der Waals surface area contributed by atoms with Gasteiger partial charge >= 0.3 is 0 Å². The van der Waals surface area contributed by atoms with E-state index in [1.54, 1.807) is 25.3 Å². The minimum atomic E-state index is -0.0999. The molecule has 0 aliphatic carbocycles. The lowest BCUT2D eigenvalue weighted by molar-refractivity contribution is 0.0942. The van der Waals surface area contributed by atoms with Gasteiger partial charge in [0.25, 0.3) is 0 Å². The van der Waals surface area contributed by atoms with Gasteiger partial charge in [0.15, 0.2) is 5.78 Å². The second-order valence-electron chi connectivity index (χ2n) is 3.35. The molecule has 15 heavy (non-hydrogen) atoms. The van der Waals surface area contributed by atoms with Crippen LogP contribution in [0.25, 0.3) is 0 Å². The number of allylic oxidation sites excluding steroid dienone is 1. The lowest BCUT2D eigenvalue weighted by Gasteiger charge is -2.09. The lowest BCUT2D eigenvalue weighted by atomic mass is 9.95. The largest absolute Gasteiger partial charge is 0.497 e. The molecule has 0 aliphatic heterocycles. The van der Waals surface area contributed by atoms with Crippen molar-refractivity contribution in [3.8, 4) is 5.75 Å². The van der Waals surface area contributed by atoms with Gasteiger partial charge in [0, 0.05) is 11.5 Å². The maximum Gasteiger partial charge on any atom is 0.169 e. The van der Waals surface area contributed by atoms with Crippen LogP contribution in [-0.4, -0.2) is 12.9 Å². The Morgan fingerprint density at radius 2 is 2.33 bits per heavy atom. The minimum absolute atomic E-state index is 0.0999. The Bertz CT molecular complexity index is 355. The summed E-state index contributed by atoms with van der Waals surface area (Å²) in [6.45, 7) is 5.65. The highest BCUT2D eigenvalue weighted by Crippen LogP contribution is 2.18. The average Bonchev–Trinajstić information content (AvgIpc) is 2.30. The number of hydrogen-bond acceptors (Lipinski definition) is 2. The zero-order chi connectivity index (χ0) is 11.3. The first-order chi connectivity index (χ1) is 7.22.